The molecule has 0 fully saturated rings. The molecule has 1 heterocycles. The lowest BCUT2D eigenvalue weighted by Crippen LogP contribution is -2.18. The van der Waals surface area contributed by atoms with Gasteiger partial charge in [0.25, 0.3) is 0 Å². The summed E-state index contributed by atoms with van der Waals surface area (Å²) in [5.74, 6) is 0.974. The summed E-state index contributed by atoms with van der Waals surface area (Å²) in [6.45, 7) is 2.17. The Morgan fingerprint density at radius 1 is 1.15 bits per heavy atom. The zero-order valence-corrected chi connectivity index (χ0v) is 14.7. The van der Waals surface area contributed by atoms with Gasteiger partial charge >= 0.3 is 6.18 Å². The van der Waals surface area contributed by atoms with Gasteiger partial charge in [-0.15, -0.1) is 0 Å². The highest BCUT2D eigenvalue weighted by Gasteiger charge is 2.30. The lowest BCUT2D eigenvalue weighted by molar-refractivity contribution is -0.137. The van der Waals surface area contributed by atoms with Gasteiger partial charge in [-0.3, -0.25) is 4.90 Å². The summed E-state index contributed by atoms with van der Waals surface area (Å²) in [4.78, 5) is 2.11. The second kappa shape index (κ2) is 7.96. The molecule has 1 aliphatic heterocycles. The van der Waals surface area contributed by atoms with Crippen molar-refractivity contribution in [2.45, 2.75) is 25.6 Å². The van der Waals surface area contributed by atoms with Gasteiger partial charge in [-0.25, -0.2) is 0 Å². The smallest absolute Gasteiger partial charge is 0.416 e. The van der Waals surface area contributed by atoms with E-state index in [0.29, 0.717) is 12.1 Å². The maximum atomic E-state index is 12.7. The van der Waals surface area contributed by atoms with Crippen molar-refractivity contribution in [3.63, 3.8) is 0 Å². The molecule has 0 spiro atoms. The van der Waals surface area contributed by atoms with Crippen LogP contribution in [0.25, 0.3) is 6.08 Å². The molecule has 0 atom stereocenters. The fraction of sp³-hybridized carbons (Fsp3) is 0.333. The van der Waals surface area contributed by atoms with Crippen LogP contribution in [0.4, 0.5) is 13.2 Å². The molecule has 0 amide bonds. The van der Waals surface area contributed by atoms with E-state index in [1.54, 1.807) is 12.1 Å². The molecule has 0 aromatic heterocycles. The average molecular weight is 361 g/mol. The van der Waals surface area contributed by atoms with E-state index in [-0.39, 0.29) is 0 Å². The van der Waals surface area contributed by atoms with Crippen molar-refractivity contribution < 1.29 is 17.9 Å². The first-order valence-corrected chi connectivity index (χ1v) is 8.69. The molecule has 2 aromatic rings. The van der Waals surface area contributed by atoms with E-state index >= 15 is 0 Å². The highest BCUT2D eigenvalue weighted by atomic mass is 19.4. The topological polar surface area (TPSA) is 12.5 Å². The minimum absolute atomic E-state index is 0.551. The molecular formula is C21H22F3NO. The van der Waals surface area contributed by atoms with Gasteiger partial charge in [0, 0.05) is 13.1 Å². The summed E-state index contributed by atoms with van der Waals surface area (Å²) in [6, 6.07) is 11.7. The van der Waals surface area contributed by atoms with Crippen LogP contribution in [0.1, 0.15) is 28.7 Å². The monoisotopic (exact) mass is 361 g/mol. The maximum Gasteiger partial charge on any atom is 0.416 e. The minimum Gasteiger partial charge on any atom is -0.493 e. The number of fused-ring (bicyclic) bond motifs is 1. The third-order valence-corrected chi connectivity index (χ3v) is 4.37. The summed E-state index contributed by atoms with van der Waals surface area (Å²) in [5, 5.41) is 0. The average Bonchev–Trinajstić information content (AvgIpc) is 2.61. The van der Waals surface area contributed by atoms with Gasteiger partial charge in [0.2, 0.25) is 0 Å². The molecule has 2 aromatic carbocycles. The number of rotatable bonds is 5. The van der Waals surface area contributed by atoms with E-state index in [0.717, 1.165) is 43.9 Å². The molecule has 0 N–H and O–H groups in total. The van der Waals surface area contributed by atoms with Crippen LogP contribution >= 0.6 is 0 Å². The van der Waals surface area contributed by atoms with Gasteiger partial charge in [-0.1, -0.05) is 36.4 Å². The number of halogens is 3. The molecule has 26 heavy (non-hydrogen) atoms. The largest absolute Gasteiger partial charge is 0.493 e. The highest BCUT2D eigenvalue weighted by Crippen LogP contribution is 2.30. The second-order valence-electron chi connectivity index (χ2n) is 6.62. The first-order valence-electron chi connectivity index (χ1n) is 8.69. The molecule has 1 aliphatic rings. The maximum absolute atomic E-state index is 12.7. The Hall–Kier alpha value is -2.27. The van der Waals surface area contributed by atoms with E-state index in [9.17, 15) is 13.2 Å². The van der Waals surface area contributed by atoms with Crippen LogP contribution in [-0.4, -0.2) is 25.1 Å². The number of hydrogen-bond acceptors (Lipinski definition) is 2. The van der Waals surface area contributed by atoms with Crippen molar-refractivity contribution in [1.29, 1.82) is 0 Å². The van der Waals surface area contributed by atoms with E-state index < -0.39 is 11.7 Å². The third kappa shape index (κ3) is 4.88. The molecule has 0 saturated heterocycles. The van der Waals surface area contributed by atoms with Gasteiger partial charge in [-0.05, 0) is 54.8 Å². The van der Waals surface area contributed by atoms with Crippen LogP contribution in [0, 0.1) is 0 Å². The van der Waals surface area contributed by atoms with Crippen molar-refractivity contribution in [2.75, 3.05) is 20.2 Å². The molecule has 0 unspecified atom stereocenters. The molecular weight excluding hydrogens is 339 g/mol. The zero-order valence-electron chi connectivity index (χ0n) is 14.7. The zero-order chi connectivity index (χ0) is 18.6. The Morgan fingerprint density at radius 2 is 2.00 bits per heavy atom. The molecule has 5 heteroatoms. The minimum atomic E-state index is -4.31. The molecule has 0 radical (unpaired) electrons. The van der Waals surface area contributed by atoms with Crippen LogP contribution in [0.2, 0.25) is 0 Å². The van der Waals surface area contributed by atoms with Gasteiger partial charge in [0.05, 0.1) is 12.2 Å². The molecule has 0 bridgehead atoms. The molecule has 0 saturated carbocycles. The Kier molecular flexibility index (Phi) is 5.67. The van der Waals surface area contributed by atoms with Crippen LogP contribution in [-0.2, 0) is 19.1 Å². The van der Waals surface area contributed by atoms with Crippen LogP contribution in [0.15, 0.2) is 48.5 Å². The summed E-state index contributed by atoms with van der Waals surface area (Å²) in [5.41, 5.74) is 2.35. The Bertz CT molecular complexity index is 783. The van der Waals surface area contributed by atoms with E-state index in [4.69, 9.17) is 4.74 Å². The Balaban J connectivity index is 1.57. The van der Waals surface area contributed by atoms with Crippen molar-refractivity contribution in [2.24, 2.45) is 0 Å². The fourth-order valence-electron chi connectivity index (χ4n) is 3.05. The number of ether oxygens (including phenoxy) is 1. The van der Waals surface area contributed by atoms with Crippen LogP contribution in [0.5, 0.6) is 5.75 Å². The van der Waals surface area contributed by atoms with E-state index in [1.165, 1.54) is 17.2 Å². The molecule has 3 rings (SSSR count). The van der Waals surface area contributed by atoms with Crippen molar-refractivity contribution in [1.82, 2.24) is 4.90 Å². The number of likely N-dealkylation sites (N-methyl/N-ethyl adjacent to an activating group) is 1. The van der Waals surface area contributed by atoms with Crippen molar-refractivity contribution in [3.05, 3.63) is 70.8 Å². The normalized spacial score (nSPS) is 14.5. The molecule has 2 nitrogen and oxygen atoms in total. The SMILES string of the molecule is CN(C/C=C/c1cccc(C(F)(F)F)c1)Cc1ccc2c(c1)OCCC2. The second-order valence-corrected chi connectivity index (χ2v) is 6.62. The lowest BCUT2D eigenvalue weighted by atomic mass is 10.0. The van der Waals surface area contributed by atoms with Crippen molar-refractivity contribution in [3.8, 4) is 5.75 Å². The summed E-state index contributed by atoms with van der Waals surface area (Å²) in [7, 11) is 1.98. The van der Waals surface area contributed by atoms with E-state index in [1.807, 2.05) is 13.1 Å². The quantitative estimate of drug-likeness (QED) is 0.728. The molecule has 138 valence electrons. The van der Waals surface area contributed by atoms with Crippen molar-refractivity contribution >= 4 is 6.08 Å². The van der Waals surface area contributed by atoms with Crippen LogP contribution < -0.4 is 4.74 Å². The number of hydrogen-bond donors (Lipinski definition) is 0. The number of benzene rings is 2. The lowest BCUT2D eigenvalue weighted by Gasteiger charge is -2.20. The van der Waals surface area contributed by atoms with Gasteiger partial charge in [0.1, 0.15) is 5.75 Å². The summed E-state index contributed by atoms with van der Waals surface area (Å²) >= 11 is 0. The third-order valence-electron chi connectivity index (χ3n) is 4.37. The van der Waals surface area contributed by atoms with Gasteiger partial charge in [-0.2, -0.15) is 13.2 Å². The van der Waals surface area contributed by atoms with Crippen LogP contribution in [0.3, 0.4) is 0 Å². The number of alkyl halides is 3. The first kappa shape index (κ1) is 18.5. The predicted molar refractivity (Wildman–Crippen MR) is 97.1 cm³/mol. The number of aryl methyl sites for hydroxylation is 1. The summed E-state index contributed by atoms with van der Waals surface area (Å²) < 4.78 is 43.9. The van der Waals surface area contributed by atoms with E-state index in [2.05, 4.69) is 23.1 Å². The number of nitrogens with zero attached hydrogens (tertiary/aromatic N) is 1. The Labute approximate surface area is 151 Å². The summed E-state index contributed by atoms with van der Waals surface area (Å²) in [6.07, 6.45) is 1.42. The standard InChI is InChI=1S/C21H22F3NO/c1-25(15-17-9-10-18-7-4-12-26-20(18)14-17)11-3-6-16-5-2-8-19(13-16)21(22,23)24/h2-3,5-6,8-10,13-14H,4,7,11-12,15H2,1H3/b6-3+. The van der Waals surface area contributed by atoms with Gasteiger partial charge < -0.3 is 4.74 Å². The van der Waals surface area contributed by atoms with Gasteiger partial charge in [0.15, 0.2) is 0 Å². The predicted octanol–water partition coefficient (Wildman–Crippen LogP) is 5.18. The Morgan fingerprint density at radius 3 is 2.81 bits per heavy atom. The first-order chi connectivity index (χ1) is 12.4. The fourth-order valence-corrected chi connectivity index (χ4v) is 3.05. The molecule has 0 aliphatic carbocycles. The highest BCUT2D eigenvalue weighted by molar-refractivity contribution is 5.50.